The Morgan fingerprint density at radius 2 is 1.81 bits per heavy atom. The third-order valence-corrected chi connectivity index (χ3v) is 4.92. The average molecular weight is 421 g/mol. The van der Waals surface area contributed by atoms with E-state index in [-0.39, 0.29) is 18.1 Å². The van der Waals surface area contributed by atoms with Crippen LogP contribution in [0.1, 0.15) is 44.2 Å². The van der Waals surface area contributed by atoms with Crippen LogP contribution < -0.4 is 0 Å². The number of ether oxygens (including phenoxy) is 1. The summed E-state index contributed by atoms with van der Waals surface area (Å²) >= 11 is 0. The lowest BCUT2D eigenvalue weighted by atomic mass is 9.87. The number of oxime groups is 1. The van der Waals surface area contributed by atoms with E-state index < -0.39 is 11.9 Å². The zero-order chi connectivity index (χ0) is 22.6. The van der Waals surface area contributed by atoms with Gasteiger partial charge in [-0.25, -0.2) is 4.79 Å². The molecule has 2 aromatic carbocycles. The standard InChI is InChI=1S/C25H28N2O4/c1-4-6-11-23(28)22(24(27-30-3)25(29)31-5-2)16-18-12-14-19(15-13-18)21-10-8-7-9-20(21)17-26/h7-10,12-15,22H,4-6,11,16H2,1-3H3/b27-24+. The Morgan fingerprint density at radius 1 is 1.10 bits per heavy atom. The zero-order valence-corrected chi connectivity index (χ0v) is 18.3. The van der Waals surface area contributed by atoms with Gasteiger partial charge in [-0.2, -0.15) is 5.26 Å². The van der Waals surface area contributed by atoms with Crippen LogP contribution in [0.2, 0.25) is 0 Å². The van der Waals surface area contributed by atoms with Gasteiger partial charge in [0, 0.05) is 6.42 Å². The molecule has 0 spiro atoms. The molecule has 6 heteroatoms. The fourth-order valence-corrected chi connectivity index (χ4v) is 3.32. The van der Waals surface area contributed by atoms with Gasteiger partial charge in [-0.15, -0.1) is 0 Å². The van der Waals surface area contributed by atoms with Crippen LogP contribution in [0.15, 0.2) is 53.7 Å². The topological polar surface area (TPSA) is 88.8 Å². The summed E-state index contributed by atoms with van der Waals surface area (Å²) in [6.07, 6.45) is 2.28. The van der Waals surface area contributed by atoms with E-state index in [0.29, 0.717) is 18.4 Å². The smallest absolute Gasteiger partial charge is 0.356 e. The van der Waals surface area contributed by atoms with E-state index in [2.05, 4.69) is 11.2 Å². The Hall–Kier alpha value is -3.46. The van der Waals surface area contributed by atoms with Crippen molar-refractivity contribution in [3.05, 3.63) is 59.7 Å². The van der Waals surface area contributed by atoms with Gasteiger partial charge in [0.1, 0.15) is 12.9 Å². The number of nitriles is 1. The van der Waals surface area contributed by atoms with Crippen LogP contribution in [-0.4, -0.2) is 31.2 Å². The second-order valence-electron chi connectivity index (χ2n) is 7.06. The molecule has 0 aliphatic carbocycles. The number of hydrogen-bond donors (Lipinski definition) is 0. The number of esters is 1. The fourth-order valence-electron chi connectivity index (χ4n) is 3.32. The zero-order valence-electron chi connectivity index (χ0n) is 18.3. The van der Waals surface area contributed by atoms with Gasteiger partial charge >= 0.3 is 5.97 Å². The Labute approximate surface area is 183 Å². The predicted octanol–water partition coefficient (Wildman–Crippen LogP) is 4.71. The molecule has 0 aliphatic heterocycles. The SMILES string of the molecule is CCCCC(=O)C(Cc1ccc(-c2ccccc2C#N)cc1)/C(=N\OC)C(=O)OCC. The van der Waals surface area contributed by atoms with Gasteiger partial charge in [-0.3, -0.25) is 4.79 Å². The second-order valence-corrected chi connectivity index (χ2v) is 7.06. The highest BCUT2D eigenvalue weighted by Gasteiger charge is 2.31. The summed E-state index contributed by atoms with van der Waals surface area (Å²) in [6.45, 7) is 3.90. The van der Waals surface area contributed by atoms with E-state index in [0.717, 1.165) is 29.5 Å². The van der Waals surface area contributed by atoms with Gasteiger partial charge in [0.15, 0.2) is 5.71 Å². The van der Waals surface area contributed by atoms with E-state index in [1.807, 2.05) is 49.4 Å². The first kappa shape index (κ1) is 23.8. The monoisotopic (exact) mass is 420 g/mol. The summed E-state index contributed by atoms with van der Waals surface area (Å²) in [5.41, 5.74) is 3.22. The maximum absolute atomic E-state index is 12.9. The number of unbranched alkanes of at least 4 members (excludes halogenated alkanes) is 1. The van der Waals surface area contributed by atoms with Crippen LogP contribution >= 0.6 is 0 Å². The normalized spacial score (nSPS) is 12.0. The molecule has 1 unspecified atom stereocenters. The van der Waals surface area contributed by atoms with Gasteiger partial charge in [0.25, 0.3) is 0 Å². The molecule has 0 N–H and O–H groups in total. The van der Waals surface area contributed by atoms with Crippen LogP contribution in [0.4, 0.5) is 0 Å². The van der Waals surface area contributed by atoms with Crippen LogP contribution in [-0.2, 0) is 25.6 Å². The molecule has 0 radical (unpaired) electrons. The molecule has 0 saturated carbocycles. The number of carbonyl (C=O) groups is 2. The molecule has 162 valence electrons. The number of rotatable bonds is 11. The molecule has 0 aliphatic rings. The highest BCUT2D eigenvalue weighted by molar-refractivity contribution is 6.40. The van der Waals surface area contributed by atoms with Crippen molar-refractivity contribution in [2.24, 2.45) is 11.1 Å². The Kier molecular flexibility index (Phi) is 9.44. The Morgan fingerprint density at radius 3 is 2.42 bits per heavy atom. The van der Waals surface area contributed by atoms with Crippen molar-refractivity contribution in [2.75, 3.05) is 13.7 Å². The lowest BCUT2D eigenvalue weighted by Crippen LogP contribution is -2.33. The molecule has 2 rings (SSSR count). The second kappa shape index (κ2) is 12.3. The van der Waals surface area contributed by atoms with Crippen molar-refractivity contribution >= 4 is 17.5 Å². The lowest BCUT2D eigenvalue weighted by molar-refractivity contribution is -0.136. The minimum Gasteiger partial charge on any atom is -0.461 e. The number of hydrogen-bond acceptors (Lipinski definition) is 6. The molecule has 2 aromatic rings. The van der Waals surface area contributed by atoms with Gasteiger partial charge in [-0.05, 0) is 42.5 Å². The highest BCUT2D eigenvalue weighted by atomic mass is 16.6. The summed E-state index contributed by atoms with van der Waals surface area (Å²) in [6, 6.07) is 17.2. The molecular weight excluding hydrogens is 392 g/mol. The number of ketones is 1. The molecule has 0 aromatic heterocycles. The van der Waals surface area contributed by atoms with E-state index in [1.165, 1.54) is 7.11 Å². The maximum atomic E-state index is 12.9. The van der Waals surface area contributed by atoms with Gasteiger partial charge in [0.05, 0.1) is 24.2 Å². The third-order valence-electron chi connectivity index (χ3n) is 4.92. The number of nitrogens with zero attached hydrogens (tertiary/aromatic N) is 2. The van der Waals surface area contributed by atoms with E-state index in [9.17, 15) is 14.9 Å². The molecule has 0 heterocycles. The van der Waals surface area contributed by atoms with Crippen molar-refractivity contribution < 1.29 is 19.2 Å². The largest absolute Gasteiger partial charge is 0.461 e. The maximum Gasteiger partial charge on any atom is 0.356 e. The molecule has 31 heavy (non-hydrogen) atoms. The average Bonchev–Trinajstić information content (AvgIpc) is 2.80. The van der Waals surface area contributed by atoms with Gasteiger partial charge < -0.3 is 9.57 Å². The van der Waals surface area contributed by atoms with Crippen molar-refractivity contribution in [1.82, 2.24) is 0 Å². The first-order chi connectivity index (χ1) is 15.0. The minimum absolute atomic E-state index is 0.00986. The third kappa shape index (κ3) is 6.51. The quantitative estimate of drug-likeness (QED) is 0.298. The minimum atomic E-state index is -0.747. The molecule has 1 atom stereocenters. The number of benzene rings is 2. The summed E-state index contributed by atoms with van der Waals surface area (Å²) in [5, 5.41) is 13.2. The predicted molar refractivity (Wildman–Crippen MR) is 119 cm³/mol. The summed E-state index contributed by atoms with van der Waals surface area (Å²) in [5.74, 6) is -1.45. The van der Waals surface area contributed by atoms with Crippen molar-refractivity contribution in [3.8, 4) is 17.2 Å². The Balaban J connectivity index is 2.33. The summed E-state index contributed by atoms with van der Waals surface area (Å²) < 4.78 is 5.10. The molecule has 0 bridgehead atoms. The van der Waals surface area contributed by atoms with Crippen LogP contribution in [0.25, 0.3) is 11.1 Å². The lowest BCUT2D eigenvalue weighted by Gasteiger charge is -2.17. The van der Waals surface area contributed by atoms with E-state index in [1.54, 1.807) is 13.0 Å². The van der Waals surface area contributed by atoms with Crippen LogP contribution in [0, 0.1) is 17.2 Å². The van der Waals surface area contributed by atoms with Gasteiger partial charge in [-0.1, -0.05) is 61.0 Å². The van der Waals surface area contributed by atoms with Crippen molar-refractivity contribution in [3.63, 3.8) is 0 Å². The Bertz CT molecular complexity index is 958. The number of Topliss-reactive ketones (excluding diaryl/α,β-unsaturated/α-hetero) is 1. The first-order valence-corrected chi connectivity index (χ1v) is 10.4. The fraction of sp³-hybridized carbons (Fsp3) is 0.360. The van der Waals surface area contributed by atoms with E-state index >= 15 is 0 Å². The van der Waals surface area contributed by atoms with Crippen molar-refractivity contribution in [2.45, 2.75) is 39.5 Å². The first-order valence-electron chi connectivity index (χ1n) is 10.4. The van der Waals surface area contributed by atoms with E-state index in [4.69, 9.17) is 9.57 Å². The number of carbonyl (C=O) groups excluding carboxylic acids is 2. The van der Waals surface area contributed by atoms with Gasteiger partial charge in [0.2, 0.25) is 0 Å². The molecule has 0 saturated heterocycles. The van der Waals surface area contributed by atoms with Crippen LogP contribution in [0.3, 0.4) is 0 Å². The molecule has 0 amide bonds. The highest BCUT2D eigenvalue weighted by Crippen LogP contribution is 2.25. The molecular formula is C25H28N2O4. The molecule has 0 fully saturated rings. The van der Waals surface area contributed by atoms with Crippen molar-refractivity contribution in [1.29, 1.82) is 5.26 Å². The summed E-state index contributed by atoms with van der Waals surface area (Å²) in [7, 11) is 1.34. The summed E-state index contributed by atoms with van der Waals surface area (Å²) in [4.78, 5) is 30.2. The van der Waals surface area contributed by atoms with Crippen LogP contribution in [0.5, 0.6) is 0 Å². The molecule has 6 nitrogen and oxygen atoms in total.